The van der Waals surface area contributed by atoms with Gasteiger partial charge in [0.2, 0.25) is 5.91 Å². The van der Waals surface area contributed by atoms with E-state index in [-0.39, 0.29) is 5.91 Å². The van der Waals surface area contributed by atoms with E-state index in [1.54, 1.807) is 18.2 Å². The molecule has 3 nitrogen and oxygen atoms in total. The Morgan fingerprint density at radius 1 is 1.08 bits per heavy atom. The Morgan fingerprint density at radius 3 is 2.54 bits per heavy atom. The quantitative estimate of drug-likeness (QED) is 0.851. The molecule has 1 saturated carbocycles. The first-order valence-electron chi connectivity index (χ1n) is 8.22. The molecule has 122 valence electrons. The van der Waals surface area contributed by atoms with E-state index in [2.05, 4.69) is 11.4 Å². The van der Waals surface area contributed by atoms with Gasteiger partial charge in [-0.2, -0.15) is 5.26 Å². The van der Waals surface area contributed by atoms with Crippen LogP contribution >= 0.6 is 11.6 Å². The van der Waals surface area contributed by atoms with Gasteiger partial charge in [0.1, 0.15) is 0 Å². The maximum Gasteiger partial charge on any atom is 0.235 e. The predicted molar refractivity (Wildman–Crippen MR) is 96.0 cm³/mol. The van der Waals surface area contributed by atoms with E-state index in [1.165, 1.54) is 0 Å². The maximum absolute atomic E-state index is 13.2. The van der Waals surface area contributed by atoms with Gasteiger partial charge in [-0.05, 0) is 48.7 Å². The van der Waals surface area contributed by atoms with E-state index >= 15 is 0 Å². The van der Waals surface area contributed by atoms with Crippen molar-refractivity contribution in [3.05, 3.63) is 64.7 Å². The number of carbonyl (C=O) groups excluding carboxylic acids is 1. The van der Waals surface area contributed by atoms with Gasteiger partial charge in [-0.1, -0.05) is 49.1 Å². The first kappa shape index (κ1) is 16.5. The number of nitrogens with zero attached hydrogens (tertiary/aromatic N) is 1. The Kier molecular flexibility index (Phi) is 4.87. The molecule has 0 atom stereocenters. The minimum Gasteiger partial charge on any atom is -0.325 e. The fourth-order valence-corrected chi connectivity index (χ4v) is 3.70. The minimum atomic E-state index is -0.550. The zero-order chi connectivity index (χ0) is 17.0. The first-order chi connectivity index (χ1) is 11.6. The highest BCUT2D eigenvalue weighted by Crippen LogP contribution is 2.41. The average molecular weight is 339 g/mol. The summed E-state index contributed by atoms with van der Waals surface area (Å²) in [6, 6.07) is 16.7. The van der Waals surface area contributed by atoms with Crippen LogP contribution in [-0.4, -0.2) is 5.91 Å². The molecule has 2 aromatic rings. The van der Waals surface area contributed by atoms with Crippen LogP contribution < -0.4 is 5.32 Å². The number of nitriles is 1. The van der Waals surface area contributed by atoms with Crippen molar-refractivity contribution in [3.63, 3.8) is 0 Å². The molecule has 1 fully saturated rings. The van der Waals surface area contributed by atoms with Crippen molar-refractivity contribution in [3.8, 4) is 6.07 Å². The second-order valence-electron chi connectivity index (χ2n) is 6.30. The van der Waals surface area contributed by atoms with Crippen molar-refractivity contribution in [2.75, 3.05) is 5.32 Å². The standard InChI is InChI=1S/C20H19ClN2O/c21-17-8-5-7-16(13-17)20(10-2-1-3-11-20)19(24)23-18-9-4-6-15(12-18)14-22/h4-9,12-13H,1-3,10-11H2,(H,23,24). The smallest absolute Gasteiger partial charge is 0.235 e. The molecule has 1 aliphatic rings. The molecule has 2 aromatic carbocycles. The molecule has 0 aromatic heterocycles. The van der Waals surface area contributed by atoms with Crippen molar-refractivity contribution in [2.24, 2.45) is 0 Å². The Balaban J connectivity index is 1.93. The summed E-state index contributed by atoms with van der Waals surface area (Å²) in [6.07, 6.45) is 4.84. The lowest BCUT2D eigenvalue weighted by atomic mass is 9.68. The van der Waals surface area contributed by atoms with Crippen molar-refractivity contribution in [1.82, 2.24) is 0 Å². The number of hydrogen-bond donors (Lipinski definition) is 1. The molecule has 0 aliphatic heterocycles. The molecule has 1 N–H and O–H groups in total. The number of amides is 1. The number of benzene rings is 2. The minimum absolute atomic E-state index is 0.0143. The fourth-order valence-electron chi connectivity index (χ4n) is 3.51. The number of hydrogen-bond acceptors (Lipinski definition) is 2. The highest BCUT2D eigenvalue weighted by atomic mass is 35.5. The van der Waals surface area contributed by atoms with Crippen LogP contribution in [0.5, 0.6) is 0 Å². The van der Waals surface area contributed by atoms with Crippen LogP contribution in [0.3, 0.4) is 0 Å². The summed E-state index contributed by atoms with van der Waals surface area (Å²) in [7, 11) is 0. The molecule has 3 rings (SSSR count). The third kappa shape index (κ3) is 3.29. The average Bonchev–Trinajstić information content (AvgIpc) is 2.62. The third-order valence-electron chi connectivity index (χ3n) is 4.77. The van der Waals surface area contributed by atoms with Gasteiger partial charge in [0, 0.05) is 10.7 Å². The van der Waals surface area contributed by atoms with Crippen LogP contribution in [-0.2, 0) is 10.2 Å². The van der Waals surface area contributed by atoms with Crippen LogP contribution in [0.25, 0.3) is 0 Å². The van der Waals surface area contributed by atoms with Crippen LogP contribution in [0.4, 0.5) is 5.69 Å². The van der Waals surface area contributed by atoms with Crippen molar-refractivity contribution in [2.45, 2.75) is 37.5 Å². The molecule has 0 bridgehead atoms. The summed E-state index contributed by atoms with van der Waals surface area (Å²) >= 11 is 6.16. The van der Waals surface area contributed by atoms with Crippen molar-refractivity contribution in [1.29, 1.82) is 5.26 Å². The number of nitrogens with one attached hydrogen (secondary N) is 1. The predicted octanol–water partition coefficient (Wildman–Crippen LogP) is 5.05. The SMILES string of the molecule is N#Cc1cccc(NC(=O)C2(c3cccc(Cl)c3)CCCCC2)c1. The van der Waals surface area contributed by atoms with Crippen LogP contribution in [0, 0.1) is 11.3 Å². The van der Waals surface area contributed by atoms with E-state index in [9.17, 15) is 4.79 Å². The molecule has 0 saturated heterocycles. The van der Waals surface area contributed by atoms with Crippen molar-refractivity contribution >= 4 is 23.2 Å². The number of carbonyl (C=O) groups is 1. The topological polar surface area (TPSA) is 52.9 Å². The van der Waals surface area contributed by atoms with E-state index in [0.29, 0.717) is 16.3 Å². The first-order valence-corrected chi connectivity index (χ1v) is 8.59. The lowest BCUT2D eigenvalue weighted by Crippen LogP contribution is -2.42. The zero-order valence-corrected chi connectivity index (χ0v) is 14.1. The van der Waals surface area contributed by atoms with E-state index in [1.807, 2.05) is 30.3 Å². The lowest BCUT2D eigenvalue weighted by Gasteiger charge is -2.36. The lowest BCUT2D eigenvalue weighted by molar-refractivity contribution is -0.122. The maximum atomic E-state index is 13.2. The van der Waals surface area contributed by atoms with Gasteiger partial charge in [0.05, 0.1) is 17.0 Å². The Labute approximate surface area is 147 Å². The molecular weight excluding hydrogens is 320 g/mol. The van der Waals surface area contributed by atoms with E-state index in [4.69, 9.17) is 16.9 Å². The summed E-state index contributed by atoms with van der Waals surface area (Å²) in [5.74, 6) is -0.0143. The monoisotopic (exact) mass is 338 g/mol. The molecular formula is C20H19ClN2O. The second kappa shape index (κ2) is 7.07. The zero-order valence-electron chi connectivity index (χ0n) is 13.4. The van der Waals surface area contributed by atoms with Gasteiger partial charge < -0.3 is 5.32 Å². The molecule has 1 aliphatic carbocycles. The second-order valence-corrected chi connectivity index (χ2v) is 6.74. The van der Waals surface area contributed by atoms with Gasteiger partial charge in [0.15, 0.2) is 0 Å². The summed E-state index contributed by atoms with van der Waals surface area (Å²) in [5.41, 5.74) is 1.62. The molecule has 0 heterocycles. The molecule has 0 unspecified atom stereocenters. The van der Waals surface area contributed by atoms with Crippen LogP contribution in [0.15, 0.2) is 48.5 Å². The molecule has 4 heteroatoms. The number of halogens is 1. The summed E-state index contributed by atoms with van der Waals surface area (Å²) < 4.78 is 0. The molecule has 1 amide bonds. The summed E-state index contributed by atoms with van der Waals surface area (Å²) in [4.78, 5) is 13.2. The highest BCUT2D eigenvalue weighted by Gasteiger charge is 2.41. The Bertz CT molecular complexity index is 788. The number of rotatable bonds is 3. The third-order valence-corrected chi connectivity index (χ3v) is 5.00. The largest absolute Gasteiger partial charge is 0.325 e. The van der Waals surface area contributed by atoms with E-state index < -0.39 is 5.41 Å². The Hall–Kier alpha value is -2.31. The fraction of sp³-hybridized carbons (Fsp3) is 0.300. The van der Waals surface area contributed by atoms with Gasteiger partial charge in [-0.25, -0.2) is 0 Å². The molecule has 0 spiro atoms. The summed E-state index contributed by atoms with van der Waals surface area (Å²) in [5, 5.41) is 12.7. The van der Waals surface area contributed by atoms with Gasteiger partial charge in [0.25, 0.3) is 0 Å². The summed E-state index contributed by atoms with van der Waals surface area (Å²) in [6.45, 7) is 0. The van der Waals surface area contributed by atoms with Gasteiger partial charge in [-0.15, -0.1) is 0 Å². The number of anilines is 1. The van der Waals surface area contributed by atoms with Crippen LogP contribution in [0.1, 0.15) is 43.2 Å². The van der Waals surface area contributed by atoms with Crippen molar-refractivity contribution < 1.29 is 4.79 Å². The van der Waals surface area contributed by atoms with Crippen LogP contribution in [0.2, 0.25) is 5.02 Å². The highest BCUT2D eigenvalue weighted by molar-refractivity contribution is 6.30. The molecule has 24 heavy (non-hydrogen) atoms. The normalized spacial score (nSPS) is 16.2. The molecule has 0 radical (unpaired) electrons. The van der Waals surface area contributed by atoms with Gasteiger partial charge >= 0.3 is 0 Å². The van der Waals surface area contributed by atoms with E-state index in [0.717, 1.165) is 37.7 Å². The Morgan fingerprint density at radius 2 is 1.83 bits per heavy atom. The van der Waals surface area contributed by atoms with Gasteiger partial charge in [-0.3, -0.25) is 4.79 Å².